The van der Waals surface area contributed by atoms with Crippen LogP contribution in [0, 0.1) is 25.7 Å². The molecule has 9 heteroatoms. The molecule has 0 saturated heterocycles. The van der Waals surface area contributed by atoms with Gasteiger partial charge in [-0.1, -0.05) is 42.8 Å². The molecule has 0 aliphatic rings. The fraction of sp³-hybridized carbons (Fsp3) is 0.179. The van der Waals surface area contributed by atoms with Gasteiger partial charge in [-0.15, -0.1) is 16.1 Å². The van der Waals surface area contributed by atoms with E-state index in [2.05, 4.69) is 43.9 Å². The number of nitrogens with one attached hydrogen (secondary N) is 1. The average molecular weight is 494 g/mol. The Kier molecular flexibility index (Phi) is 7.30. The number of aromatic nitrogens is 4. The minimum atomic E-state index is -0.467. The molecule has 9 nitrogen and oxygen atoms in total. The van der Waals surface area contributed by atoms with Crippen LogP contribution in [0.2, 0.25) is 0 Å². The summed E-state index contributed by atoms with van der Waals surface area (Å²) in [5.74, 6) is 6.83. The molecule has 0 aliphatic carbocycles. The second kappa shape index (κ2) is 10.7. The Balaban J connectivity index is 1.74. The highest BCUT2D eigenvalue weighted by Crippen LogP contribution is 2.32. The lowest BCUT2D eigenvalue weighted by atomic mass is 9.99. The number of benzene rings is 2. The van der Waals surface area contributed by atoms with Crippen LogP contribution in [0.15, 0.2) is 71.6 Å². The lowest BCUT2D eigenvalue weighted by molar-refractivity contribution is 0.0993. The number of nitrogen functional groups attached to an aromatic ring is 1. The quantitative estimate of drug-likeness (QED) is 0.353. The molecule has 0 aliphatic heterocycles. The molecule has 0 saturated carbocycles. The second-order valence-corrected chi connectivity index (χ2v) is 8.31. The zero-order valence-electron chi connectivity index (χ0n) is 21.1. The van der Waals surface area contributed by atoms with Gasteiger partial charge in [-0.05, 0) is 44.5 Å². The number of aryl methyl sites for hydroxylation is 2. The molecule has 2 aromatic carbocycles. The van der Waals surface area contributed by atoms with Crippen LogP contribution in [-0.2, 0) is 0 Å². The van der Waals surface area contributed by atoms with Crippen LogP contribution in [0.3, 0.4) is 0 Å². The number of para-hydroxylation sites is 1. The first-order chi connectivity index (χ1) is 17.8. The number of carbonyl (C=O) groups is 1. The second-order valence-electron chi connectivity index (χ2n) is 8.31. The Bertz CT molecular complexity index is 1520. The number of hydrogen-bond donors (Lipinski definition) is 2. The third-order valence-corrected chi connectivity index (χ3v) is 5.72. The Labute approximate surface area is 215 Å². The molecule has 0 radical (unpaired) electrons. The molecule has 4 rings (SSSR count). The normalized spacial score (nSPS) is 11.2. The van der Waals surface area contributed by atoms with Gasteiger partial charge in [-0.25, -0.2) is 9.97 Å². The minimum absolute atomic E-state index is 0.178. The number of amides is 1. The summed E-state index contributed by atoms with van der Waals surface area (Å²) in [7, 11) is 0. The predicted octanol–water partition coefficient (Wildman–Crippen LogP) is 4.76. The summed E-state index contributed by atoms with van der Waals surface area (Å²) < 4.78 is 5.57. The number of nitrogens with zero attached hydrogens (tertiary/aromatic N) is 5. The largest absolute Gasteiger partial charge is 0.421 e. The molecule has 0 bridgehead atoms. The van der Waals surface area contributed by atoms with Gasteiger partial charge in [0, 0.05) is 23.9 Å². The summed E-state index contributed by atoms with van der Waals surface area (Å²) in [6, 6.07) is 14.5. The highest BCUT2D eigenvalue weighted by Gasteiger charge is 2.28. The van der Waals surface area contributed by atoms with Crippen LogP contribution in [0.5, 0.6) is 0 Å². The van der Waals surface area contributed by atoms with E-state index >= 15 is 0 Å². The Hall–Kier alpha value is -4.97. The number of anilines is 3. The highest BCUT2D eigenvalue weighted by molar-refractivity contribution is 6.10. The molecule has 4 aromatic rings. The molecule has 0 unspecified atom stereocenters. The van der Waals surface area contributed by atoms with Crippen molar-refractivity contribution >= 4 is 23.2 Å². The van der Waals surface area contributed by atoms with Gasteiger partial charge in [0.25, 0.3) is 11.8 Å². The summed E-state index contributed by atoms with van der Waals surface area (Å²) in [6.07, 6.45) is 1.34. The first kappa shape index (κ1) is 25.1. The molecule has 0 fully saturated rings. The van der Waals surface area contributed by atoms with Gasteiger partial charge < -0.3 is 15.5 Å². The lowest BCUT2D eigenvalue weighted by Gasteiger charge is -2.30. The molecule has 2 aromatic heterocycles. The van der Waals surface area contributed by atoms with Crippen LogP contribution in [0.1, 0.15) is 41.2 Å². The van der Waals surface area contributed by atoms with E-state index in [-0.39, 0.29) is 17.6 Å². The van der Waals surface area contributed by atoms with Crippen molar-refractivity contribution in [3.63, 3.8) is 0 Å². The van der Waals surface area contributed by atoms with Gasteiger partial charge in [0.1, 0.15) is 23.5 Å². The predicted molar refractivity (Wildman–Crippen MR) is 144 cm³/mol. The third-order valence-electron chi connectivity index (χ3n) is 5.72. The Morgan fingerprint density at radius 3 is 2.54 bits per heavy atom. The third kappa shape index (κ3) is 5.18. The molecule has 2 heterocycles. The number of hydrogen-bond acceptors (Lipinski definition) is 8. The van der Waals surface area contributed by atoms with Crippen LogP contribution < -0.4 is 16.0 Å². The highest BCUT2D eigenvalue weighted by atomic mass is 16.4. The molecule has 1 atom stereocenters. The monoisotopic (exact) mass is 493 g/mol. The molecule has 1 amide bonds. The first-order valence-corrected chi connectivity index (χ1v) is 11.6. The van der Waals surface area contributed by atoms with Gasteiger partial charge in [0.2, 0.25) is 5.89 Å². The molecule has 3 N–H and O–H groups in total. The maximum absolute atomic E-state index is 14.1. The van der Waals surface area contributed by atoms with E-state index in [4.69, 9.17) is 10.2 Å². The van der Waals surface area contributed by atoms with E-state index in [1.165, 1.54) is 6.33 Å². The van der Waals surface area contributed by atoms with Crippen molar-refractivity contribution in [2.75, 3.05) is 16.0 Å². The van der Waals surface area contributed by atoms with Crippen molar-refractivity contribution in [1.29, 1.82) is 0 Å². The number of rotatable bonds is 7. The molecular formula is C28H27N7O2. The van der Waals surface area contributed by atoms with E-state index in [9.17, 15) is 4.79 Å². The first-order valence-electron chi connectivity index (χ1n) is 11.6. The lowest BCUT2D eigenvalue weighted by Crippen LogP contribution is -2.37. The minimum Gasteiger partial charge on any atom is -0.421 e. The molecule has 37 heavy (non-hydrogen) atoms. The Morgan fingerprint density at radius 1 is 1.11 bits per heavy atom. The van der Waals surface area contributed by atoms with Crippen molar-refractivity contribution in [1.82, 2.24) is 20.2 Å². The van der Waals surface area contributed by atoms with Crippen LogP contribution >= 0.6 is 0 Å². The zero-order valence-corrected chi connectivity index (χ0v) is 21.1. The van der Waals surface area contributed by atoms with E-state index in [0.717, 1.165) is 5.56 Å². The van der Waals surface area contributed by atoms with Gasteiger partial charge in [0.15, 0.2) is 0 Å². The fourth-order valence-corrected chi connectivity index (χ4v) is 3.89. The molecular weight excluding hydrogens is 466 g/mol. The van der Waals surface area contributed by atoms with E-state index < -0.39 is 6.04 Å². The summed E-state index contributed by atoms with van der Waals surface area (Å²) >= 11 is 0. The van der Waals surface area contributed by atoms with E-state index in [1.54, 1.807) is 18.7 Å². The zero-order chi connectivity index (χ0) is 26.5. The topological polar surface area (TPSA) is 123 Å². The van der Waals surface area contributed by atoms with Gasteiger partial charge in [-0.3, -0.25) is 9.69 Å². The number of carbonyl (C=O) groups excluding carboxylic acids is 1. The van der Waals surface area contributed by atoms with Crippen LogP contribution in [-0.4, -0.2) is 32.1 Å². The summed E-state index contributed by atoms with van der Waals surface area (Å²) in [6.45, 7) is 11.5. The Morgan fingerprint density at radius 2 is 1.86 bits per heavy atom. The molecule has 186 valence electrons. The van der Waals surface area contributed by atoms with Crippen molar-refractivity contribution in [2.24, 2.45) is 0 Å². The van der Waals surface area contributed by atoms with Gasteiger partial charge >= 0.3 is 0 Å². The van der Waals surface area contributed by atoms with E-state index in [0.29, 0.717) is 39.8 Å². The van der Waals surface area contributed by atoms with Crippen LogP contribution in [0.4, 0.5) is 17.3 Å². The summed E-state index contributed by atoms with van der Waals surface area (Å²) in [4.78, 5) is 24.1. The van der Waals surface area contributed by atoms with Crippen LogP contribution in [0.25, 0.3) is 11.5 Å². The van der Waals surface area contributed by atoms with Gasteiger partial charge in [0.05, 0.1) is 11.6 Å². The molecule has 0 spiro atoms. The maximum Gasteiger partial charge on any atom is 0.264 e. The van der Waals surface area contributed by atoms with Crippen molar-refractivity contribution in [3.05, 3.63) is 89.7 Å². The summed E-state index contributed by atoms with van der Waals surface area (Å²) in [5.41, 5.74) is 9.64. The smallest absolute Gasteiger partial charge is 0.264 e. The van der Waals surface area contributed by atoms with Crippen molar-refractivity contribution in [2.45, 2.75) is 33.7 Å². The fourth-order valence-electron chi connectivity index (χ4n) is 3.89. The average Bonchev–Trinajstić information content (AvgIpc) is 3.30. The van der Waals surface area contributed by atoms with E-state index in [1.807, 2.05) is 62.4 Å². The SMILES string of the molecule is C=C([C@H](C)Nc1ncnc(N)c1-c1nnc(C)o1)N(C(=O)c1c(C)cccc1C#CC)c1ccccc1. The standard InChI is InChI=1S/C28H27N7O2/c1-6-11-21-13-10-12-17(2)23(21)28(36)35(22-14-8-7-9-15-22)19(4)18(3)32-26-24(25(29)30-16-31-26)27-34-33-20(5)37-27/h7-10,12-16,18H,4H2,1-3,5H3,(H3,29,30,31,32)/t18-/m0/s1. The maximum atomic E-state index is 14.1. The summed E-state index contributed by atoms with van der Waals surface area (Å²) in [5, 5.41) is 11.2. The number of nitrogens with two attached hydrogens (primary N) is 1. The van der Waals surface area contributed by atoms with Gasteiger partial charge in [-0.2, -0.15) is 0 Å². The van der Waals surface area contributed by atoms with Crippen molar-refractivity contribution in [3.8, 4) is 23.3 Å². The van der Waals surface area contributed by atoms with Crippen molar-refractivity contribution < 1.29 is 9.21 Å².